The van der Waals surface area contributed by atoms with E-state index in [0.29, 0.717) is 19.0 Å². The topological polar surface area (TPSA) is 65.7 Å². The van der Waals surface area contributed by atoms with E-state index >= 15 is 0 Å². The van der Waals surface area contributed by atoms with Gasteiger partial charge >= 0.3 is 0 Å². The minimum Gasteiger partial charge on any atom is -0.444 e. The van der Waals surface area contributed by atoms with Crippen molar-refractivity contribution >= 4 is 5.96 Å². The minimum absolute atomic E-state index is 0.508. The molecule has 2 N–H and O–H groups in total. The van der Waals surface area contributed by atoms with Crippen molar-refractivity contribution < 1.29 is 4.42 Å². The van der Waals surface area contributed by atoms with E-state index in [0.717, 1.165) is 24.0 Å². The zero-order valence-electron chi connectivity index (χ0n) is 15.2. The van der Waals surface area contributed by atoms with Crippen LogP contribution in [0, 0.1) is 13.8 Å². The van der Waals surface area contributed by atoms with Gasteiger partial charge in [0, 0.05) is 20.1 Å². The van der Waals surface area contributed by atoms with E-state index in [1.54, 1.807) is 7.05 Å². The number of aromatic nitrogens is 1. The first-order valence-corrected chi connectivity index (χ1v) is 8.08. The summed E-state index contributed by atoms with van der Waals surface area (Å²) in [4.78, 5) is 10.8. The zero-order chi connectivity index (χ0) is 17.5. The monoisotopic (exact) mass is 329 g/mol. The van der Waals surface area contributed by atoms with Gasteiger partial charge < -0.3 is 20.0 Å². The van der Waals surface area contributed by atoms with Crippen LogP contribution < -0.4 is 10.6 Å². The van der Waals surface area contributed by atoms with Crippen LogP contribution in [0.25, 0.3) is 0 Å². The van der Waals surface area contributed by atoms with Crippen molar-refractivity contribution in [3.8, 4) is 0 Å². The highest BCUT2D eigenvalue weighted by atomic mass is 16.4. The summed E-state index contributed by atoms with van der Waals surface area (Å²) in [5.74, 6) is 2.25. The summed E-state index contributed by atoms with van der Waals surface area (Å²) in [5, 5.41) is 6.57. The first-order valence-electron chi connectivity index (χ1n) is 8.08. The molecule has 6 heteroatoms. The molecule has 0 bridgehead atoms. The molecule has 0 saturated heterocycles. The lowest BCUT2D eigenvalue weighted by Gasteiger charge is -2.16. The van der Waals surface area contributed by atoms with Crippen LogP contribution in [0.4, 0.5) is 0 Å². The number of guanidine groups is 1. The summed E-state index contributed by atoms with van der Waals surface area (Å²) in [6, 6.07) is 8.43. The lowest BCUT2D eigenvalue weighted by atomic mass is 10.1. The van der Waals surface area contributed by atoms with E-state index in [2.05, 4.69) is 63.9 Å². The molecule has 0 unspecified atom stereocenters. The standard InChI is InChI=1S/C18H27N5O/c1-13-14(2)24-17(22-13)11-21-18(19-3)20-10-15-8-6-7-9-16(15)12-23(4)5/h6-9H,10-12H2,1-5H3,(H2,19,20,21). The van der Waals surface area contributed by atoms with Crippen LogP contribution in [-0.2, 0) is 19.6 Å². The highest BCUT2D eigenvalue weighted by Crippen LogP contribution is 2.10. The van der Waals surface area contributed by atoms with Crippen molar-refractivity contribution in [2.24, 2.45) is 4.99 Å². The molecule has 2 aromatic rings. The Morgan fingerprint density at radius 2 is 1.79 bits per heavy atom. The van der Waals surface area contributed by atoms with Crippen molar-refractivity contribution in [2.45, 2.75) is 33.5 Å². The minimum atomic E-state index is 0.508. The maximum Gasteiger partial charge on any atom is 0.214 e. The number of nitrogens with zero attached hydrogens (tertiary/aromatic N) is 3. The van der Waals surface area contributed by atoms with Crippen molar-refractivity contribution in [1.82, 2.24) is 20.5 Å². The molecule has 0 amide bonds. The van der Waals surface area contributed by atoms with Crippen molar-refractivity contribution in [1.29, 1.82) is 0 Å². The van der Waals surface area contributed by atoms with Crippen LogP contribution >= 0.6 is 0 Å². The van der Waals surface area contributed by atoms with Crippen molar-refractivity contribution in [3.63, 3.8) is 0 Å². The fourth-order valence-electron chi connectivity index (χ4n) is 2.40. The lowest BCUT2D eigenvalue weighted by Crippen LogP contribution is -2.36. The smallest absolute Gasteiger partial charge is 0.214 e. The number of nitrogens with one attached hydrogen (secondary N) is 2. The van der Waals surface area contributed by atoms with Crippen molar-refractivity contribution in [2.75, 3.05) is 21.1 Å². The summed E-state index contributed by atoms with van der Waals surface area (Å²) < 4.78 is 5.57. The summed E-state index contributed by atoms with van der Waals surface area (Å²) in [6.07, 6.45) is 0. The Morgan fingerprint density at radius 1 is 1.12 bits per heavy atom. The maximum absolute atomic E-state index is 5.57. The number of oxazole rings is 1. The number of aryl methyl sites for hydroxylation is 2. The largest absolute Gasteiger partial charge is 0.444 e. The summed E-state index contributed by atoms with van der Waals surface area (Å²) in [6.45, 7) is 6.00. The van der Waals surface area contributed by atoms with Gasteiger partial charge in [0.15, 0.2) is 5.96 Å². The van der Waals surface area contributed by atoms with Gasteiger partial charge in [0.1, 0.15) is 5.76 Å². The number of rotatable bonds is 6. The number of hydrogen-bond donors (Lipinski definition) is 2. The Morgan fingerprint density at radius 3 is 2.38 bits per heavy atom. The molecular formula is C18H27N5O. The lowest BCUT2D eigenvalue weighted by molar-refractivity contribution is 0.400. The van der Waals surface area contributed by atoms with Crippen LogP contribution in [0.5, 0.6) is 0 Å². The molecule has 0 aliphatic carbocycles. The highest BCUT2D eigenvalue weighted by molar-refractivity contribution is 5.79. The van der Waals surface area contributed by atoms with E-state index in [9.17, 15) is 0 Å². The van der Waals surface area contributed by atoms with Crippen LogP contribution in [-0.4, -0.2) is 37.0 Å². The second-order valence-corrected chi connectivity index (χ2v) is 6.04. The average molecular weight is 329 g/mol. The third kappa shape index (κ3) is 5.09. The van der Waals surface area contributed by atoms with Gasteiger partial charge in [-0.1, -0.05) is 24.3 Å². The normalized spacial score (nSPS) is 11.8. The molecule has 0 aliphatic rings. The average Bonchev–Trinajstić information content (AvgIpc) is 2.87. The van der Waals surface area contributed by atoms with Crippen LogP contribution in [0.2, 0.25) is 0 Å². The number of benzene rings is 1. The molecule has 24 heavy (non-hydrogen) atoms. The Balaban J connectivity index is 1.92. The predicted molar refractivity (Wildman–Crippen MR) is 96.8 cm³/mol. The van der Waals surface area contributed by atoms with Crippen LogP contribution in [0.3, 0.4) is 0 Å². The molecule has 0 spiro atoms. The molecule has 1 heterocycles. The van der Waals surface area contributed by atoms with E-state index in [1.807, 2.05) is 13.8 Å². The zero-order valence-corrected chi connectivity index (χ0v) is 15.2. The van der Waals surface area contributed by atoms with Gasteiger partial charge in [-0.15, -0.1) is 0 Å². The summed E-state index contributed by atoms with van der Waals surface area (Å²) in [5.41, 5.74) is 3.49. The van der Waals surface area contributed by atoms with Gasteiger partial charge in [0.25, 0.3) is 0 Å². The molecular weight excluding hydrogens is 302 g/mol. The Hall–Kier alpha value is -2.34. The summed E-state index contributed by atoms with van der Waals surface area (Å²) in [7, 11) is 5.91. The van der Waals surface area contributed by atoms with E-state index in [-0.39, 0.29) is 0 Å². The number of hydrogen-bond acceptors (Lipinski definition) is 4. The molecule has 0 aliphatic heterocycles. The van der Waals surface area contributed by atoms with Crippen LogP contribution in [0.15, 0.2) is 33.7 Å². The molecule has 0 atom stereocenters. The Kier molecular flexibility index (Phi) is 6.37. The van der Waals surface area contributed by atoms with Gasteiger partial charge in [0.05, 0.1) is 12.2 Å². The fraction of sp³-hybridized carbons (Fsp3) is 0.444. The van der Waals surface area contributed by atoms with Gasteiger partial charge in [-0.2, -0.15) is 0 Å². The second-order valence-electron chi connectivity index (χ2n) is 6.04. The van der Waals surface area contributed by atoms with Gasteiger partial charge in [0.2, 0.25) is 5.89 Å². The Labute approximate surface area is 144 Å². The molecule has 2 rings (SSSR count). The van der Waals surface area contributed by atoms with E-state index < -0.39 is 0 Å². The highest BCUT2D eigenvalue weighted by Gasteiger charge is 2.07. The quantitative estimate of drug-likeness (QED) is 0.628. The molecule has 0 radical (unpaired) electrons. The second kappa shape index (κ2) is 8.49. The molecule has 0 saturated carbocycles. The van der Waals surface area contributed by atoms with E-state index in [4.69, 9.17) is 4.42 Å². The summed E-state index contributed by atoms with van der Waals surface area (Å²) >= 11 is 0. The molecule has 1 aromatic heterocycles. The van der Waals surface area contributed by atoms with E-state index in [1.165, 1.54) is 11.1 Å². The molecule has 1 aromatic carbocycles. The Bertz CT molecular complexity index is 671. The number of aliphatic imine (C=N–C) groups is 1. The first-order chi connectivity index (χ1) is 11.5. The van der Waals surface area contributed by atoms with Crippen LogP contribution in [0.1, 0.15) is 28.5 Å². The molecule has 0 fully saturated rings. The molecule has 6 nitrogen and oxygen atoms in total. The van der Waals surface area contributed by atoms with Gasteiger partial charge in [-0.3, -0.25) is 4.99 Å². The third-order valence-corrected chi connectivity index (χ3v) is 3.75. The fourth-order valence-corrected chi connectivity index (χ4v) is 2.40. The maximum atomic E-state index is 5.57. The predicted octanol–water partition coefficient (Wildman–Crippen LogP) is 2.22. The third-order valence-electron chi connectivity index (χ3n) is 3.75. The molecule has 130 valence electrons. The first kappa shape index (κ1) is 18.0. The SMILES string of the molecule is CN=C(NCc1nc(C)c(C)o1)NCc1ccccc1CN(C)C. The van der Waals surface area contributed by atoms with Crippen molar-refractivity contribution in [3.05, 3.63) is 52.7 Å². The van der Waals surface area contributed by atoms with Gasteiger partial charge in [-0.25, -0.2) is 4.98 Å². The van der Waals surface area contributed by atoms with Gasteiger partial charge in [-0.05, 0) is 39.1 Å².